The topological polar surface area (TPSA) is 92.5 Å². The van der Waals surface area contributed by atoms with E-state index in [1.807, 2.05) is 4.90 Å². The van der Waals surface area contributed by atoms with Crippen LogP contribution < -0.4 is 10.5 Å². The van der Waals surface area contributed by atoms with Gasteiger partial charge in [-0.2, -0.15) is 0 Å². The molecule has 1 aliphatic heterocycles. The lowest BCUT2D eigenvalue weighted by Crippen LogP contribution is -2.34. The van der Waals surface area contributed by atoms with Crippen LogP contribution in [0.2, 0.25) is 0 Å². The van der Waals surface area contributed by atoms with E-state index in [1.54, 1.807) is 24.3 Å². The van der Waals surface area contributed by atoms with Crippen molar-refractivity contribution in [3.8, 4) is 0 Å². The summed E-state index contributed by atoms with van der Waals surface area (Å²) >= 11 is 0. The third kappa shape index (κ3) is 4.31. The summed E-state index contributed by atoms with van der Waals surface area (Å²) in [6, 6.07) is 6.64. The van der Waals surface area contributed by atoms with Crippen LogP contribution in [0.1, 0.15) is 25.3 Å². The highest BCUT2D eigenvalue weighted by Crippen LogP contribution is 2.28. The standard InChI is InChI=1S/C16H25N3O3S/c1-16(11-17)9-10-19(12-16)15(20)8-5-13-3-6-14(7-4-13)23(21,22)18-2/h3-4,6-7,18H,5,8-12,17H2,1-2H3. The Morgan fingerprint density at radius 2 is 2.00 bits per heavy atom. The minimum absolute atomic E-state index is 0.0405. The van der Waals surface area contributed by atoms with Gasteiger partial charge in [-0.1, -0.05) is 19.1 Å². The minimum atomic E-state index is -3.41. The summed E-state index contributed by atoms with van der Waals surface area (Å²) in [5.41, 5.74) is 6.76. The first-order valence-electron chi connectivity index (χ1n) is 7.80. The Morgan fingerprint density at radius 1 is 1.35 bits per heavy atom. The number of hydrogen-bond acceptors (Lipinski definition) is 4. The Kier molecular flexibility index (Phi) is 5.44. The molecular formula is C16H25N3O3S. The van der Waals surface area contributed by atoms with Crippen molar-refractivity contribution in [1.82, 2.24) is 9.62 Å². The predicted octanol–water partition coefficient (Wildman–Crippen LogP) is 0.725. The van der Waals surface area contributed by atoms with Gasteiger partial charge in [-0.25, -0.2) is 13.1 Å². The molecule has 6 nitrogen and oxygen atoms in total. The van der Waals surface area contributed by atoms with Crippen LogP contribution >= 0.6 is 0 Å². The Labute approximate surface area is 138 Å². The van der Waals surface area contributed by atoms with Crippen molar-refractivity contribution in [3.63, 3.8) is 0 Å². The van der Waals surface area contributed by atoms with E-state index in [4.69, 9.17) is 5.73 Å². The molecule has 2 rings (SSSR count). The monoisotopic (exact) mass is 339 g/mol. The third-order valence-corrected chi connectivity index (χ3v) is 5.96. The Balaban J connectivity index is 1.90. The van der Waals surface area contributed by atoms with E-state index >= 15 is 0 Å². The van der Waals surface area contributed by atoms with Crippen LogP contribution in [0.5, 0.6) is 0 Å². The minimum Gasteiger partial charge on any atom is -0.342 e. The van der Waals surface area contributed by atoms with Gasteiger partial charge in [0.2, 0.25) is 15.9 Å². The summed E-state index contributed by atoms with van der Waals surface area (Å²) in [5.74, 6) is 0.133. The molecule has 1 saturated heterocycles. The zero-order valence-electron chi connectivity index (χ0n) is 13.7. The molecule has 1 aromatic carbocycles. The fourth-order valence-electron chi connectivity index (χ4n) is 2.77. The molecule has 1 aromatic rings. The molecule has 0 bridgehead atoms. The highest BCUT2D eigenvalue weighted by molar-refractivity contribution is 7.89. The molecule has 7 heteroatoms. The van der Waals surface area contributed by atoms with Crippen LogP contribution in [0.25, 0.3) is 0 Å². The van der Waals surface area contributed by atoms with E-state index in [-0.39, 0.29) is 16.2 Å². The molecule has 0 aliphatic carbocycles. The fourth-order valence-corrected chi connectivity index (χ4v) is 3.50. The van der Waals surface area contributed by atoms with Crippen molar-refractivity contribution in [3.05, 3.63) is 29.8 Å². The smallest absolute Gasteiger partial charge is 0.240 e. The van der Waals surface area contributed by atoms with E-state index in [1.165, 1.54) is 7.05 Å². The molecule has 1 aliphatic rings. The zero-order chi connectivity index (χ0) is 17.1. The van der Waals surface area contributed by atoms with Crippen molar-refractivity contribution >= 4 is 15.9 Å². The number of likely N-dealkylation sites (tertiary alicyclic amines) is 1. The van der Waals surface area contributed by atoms with Gasteiger partial charge in [0.1, 0.15) is 0 Å². The number of carbonyl (C=O) groups is 1. The van der Waals surface area contributed by atoms with Gasteiger partial charge in [-0.05, 0) is 49.5 Å². The lowest BCUT2D eigenvalue weighted by Gasteiger charge is -2.22. The Morgan fingerprint density at radius 3 is 2.52 bits per heavy atom. The predicted molar refractivity (Wildman–Crippen MR) is 89.4 cm³/mol. The highest BCUT2D eigenvalue weighted by atomic mass is 32.2. The van der Waals surface area contributed by atoms with Crippen molar-refractivity contribution < 1.29 is 13.2 Å². The van der Waals surface area contributed by atoms with E-state index in [0.29, 0.717) is 19.4 Å². The first-order chi connectivity index (χ1) is 10.8. The number of nitrogens with two attached hydrogens (primary N) is 1. The van der Waals surface area contributed by atoms with E-state index in [2.05, 4.69) is 11.6 Å². The molecule has 0 radical (unpaired) electrons. The normalized spacial score (nSPS) is 21.6. The first kappa shape index (κ1) is 17.9. The molecule has 0 saturated carbocycles. The third-order valence-electron chi connectivity index (χ3n) is 4.53. The molecule has 3 N–H and O–H groups in total. The second-order valence-electron chi connectivity index (χ2n) is 6.43. The lowest BCUT2D eigenvalue weighted by atomic mass is 9.90. The van der Waals surface area contributed by atoms with Gasteiger partial charge < -0.3 is 10.6 Å². The van der Waals surface area contributed by atoms with Crippen LogP contribution in [0.4, 0.5) is 0 Å². The quantitative estimate of drug-likeness (QED) is 0.799. The molecule has 1 amide bonds. The van der Waals surface area contributed by atoms with Crippen molar-refractivity contribution in [2.75, 3.05) is 26.7 Å². The number of hydrogen-bond donors (Lipinski definition) is 2. The van der Waals surface area contributed by atoms with Gasteiger partial charge in [0.15, 0.2) is 0 Å². The average molecular weight is 339 g/mol. The lowest BCUT2D eigenvalue weighted by molar-refractivity contribution is -0.130. The van der Waals surface area contributed by atoms with Gasteiger partial charge >= 0.3 is 0 Å². The SMILES string of the molecule is CNS(=O)(=O)c1ccc(CCC(=O)N2CCC(C)(CN)C2)cc1. The Hall–Kier alpha value is -1.44. The van der Waals surface area contributed by atoms with E-state index in [9.17, 15) is 13.2 Å². The van der Waals surface area contributed by atoms with Crippen molar-refractivity contribution in [2.24, 2.45) is 11.1 Å². The van der Waals surface area contributed by atoms with Crippen LogP contribution in [0, 0.1) is 5.41 Å². The zero-order valence-corrected chi connectivity index (χ0v) is 14.5. The van der Waals surface area contributed by atoms with Gasteiger partial charge in [-0.3, -0.25) is 4.79 Å². The molecule has 23 heavy (non-hydrogen) atoms. The molecule has 1 fully saturated rings. The maximum atomic E-state index is 12.3. The maximum Gasteiger partial charge on any atom is 0.240 e. The van der Waals surface area contributed by atoms with Gasteiger partial charge in [-0.15, -0.1) is 0 Å². The van der Waals surface area contributed by atoms with Gasteiger partial charge in [0.05, 0.1) is 4.90 Å². The number of carbonyl (C=O) groups excluding carboxylic acids is 1. The molecule has 0 aromatic heterocycles. The Bertz CT molecular complexity index is 658. The summed E-state index contributed by atoms with van der Waals surface area (Å²) in [6.07, 6.45) is 1.99. The second-order valence-corrected chi connectivity index (χ2v) is 8.32. The van der Waals surface area contributed by atoms with Crippen LogP contribution in [-0.2, 0) is 21.2 Å². The number of benzene rings is 1. The van der Waals surface area contributed by atoms with E-state index < -0.39 is 10.0 Å². The average Bonchev–Trinajstić information content (AvgIpc) is 2.96. The first-order valence-corrected chi connectivity index (χ1v) is 9.28. The number of sulfonamides is 1. The van der Waals surface area contributed by atoms with E-state index in [0.717, 1.165) is 25.1 Å². The van der Waals surface area contributed by atoms with Gasteiger partial charge in [0.25, 0.3) is 0 Å². The molecule has 128 valence electrons. The maximum absolute atomic E-state index is 12.3. The molecular weight excluding hydrogens is 314 g/mol. The van der Waals surface area contributed by atoms with Gasteiger partial charge in [0, 0.05) is 19.5 Å². The summed E-state index contributed by atoms with van der Waals surface area (Å²) in [6.45, 7) is 4.20. The summed E-state index contributed by atoms with van der Waals surface area (Å²) in [7, 11) is -2.03. The molecule has 1 heterocycles. The molecule has 1 unspecified atom stereocenters. The number of aryl methyl sites for hydroxylation is 1. The van der Waals surface area contributed by atoms with Crippen LogP contribution in [0.15, 0.2) is 29.2 Å². The number of rotatable bonds is 6. The van der Waals surface area contributed by atoms with Crippen LogP contribution in [0.3, 0.4) is 0 Å². The number of nitrogens with zero attached hydrogens (tertiary/aromatic N) is 1. The molecule has 0 spiro atoms. The molecule has 1 atom stereocenters. The number of nitrogens with one attached hydrogen (secondary N) is 1. The van der Waals surface area contributed by atoms with Crippen LogP contribution in [-0.4, -0.2) is 45.9 Å². The van der Waals surface area contributed by atoms with Crippen molar-refractivity contribution in [1.29, 1.82) is 0 Å². The largest absolute Gasteiger partial charge is 0.342 e. The summed E-state index contributed by atoms with van der Waals surface area (Å²) < 4.78 is 25.6. The highest BCUT2D eigenvalue weighted by Gasteiger charge is 2.34. The second kappa shape index (κ2) is 6.98. The van der Waals surface area contributed by atoms with Crippen molar-refractivity contribution in [2.45, 2.75) is 31.1 Å². The summed E-state index contributed by atoms with van der Waals surface area (Å²) in [4.78, 5) is 14.4. The summed E-state index contributed by atoms with van der Waals surface area (Å²) in [5, 5.41) is 0. The number of amides is 1. The fraction of sp³-hybridized carbons (Fsp3) is 0.562.